The number of rotatable bonds is 3. The van der Waals surface area contributed by atoms with Crippen molar-refractivity contribution < 1.29 is 4.79 Å². The fourth-order valence-corrected chi connectivity index (χ4v) is 2.15. The van der Waals surface area contributed by atoms with E-state index in [-0.39, 0.29) is 11.9 Å². The van der Waals surface area contributed by atoms with Crippen LogP contribution in [0.5, 0.6) is 0 Å². The van der Waals surface area contributed by atoms with E-state index in [9.17, 15) is 4.79 Å². The molecule has 0 unspecified atom stereocenters. The molecule has 1 aliphatic rings. The second-order valence-corrected chi connectivity index (χ2v) is 5.12. The largest absolute Gasteiger partial charge is 0.348 e. The molecule has 2 rings (SSSR count). The molecular formula is C14H20N2O. The number of nitrogens with two attached hydrogens (primary N) is 1. The normalized spacial score (nSPS) is 19.2. The van der Waals surface area contributed by atoms with Crippen molar-refractivity contribution in [3.8, 4) is 0 Å². The zero-order valence-electron chi connectivity index (χ0n) is 10.5. The molecule has 3 heteroatoms. The fraction of sp³-hybridized carbons (Fsp3) is 0.500. The summed E-state index contributed by atoms with van der Waals surface area (Å²) in [6.07, 6.45) is 2.67. The van der Waals surface area contributed by atoms with E-state index in [1.54, 1.807) is 0 Å². The molecule has 1 aliphatic carbocycles. The highest BCUT2D eigenvalue weighted by molar-refractivity contribution is 5.87. The molecule has 17 heavy (non-hydrogen) atoms. The summed E-state index contributed by atoms with van der Waals surface area (Å²) in [4.78, 5) is 12.0. The van der Waals surface area contributed by atoms with Crippen molar-refractivity contribution >= 4 is 5.91 Å². The monoisotopic (exact) mass is 232 g/mol. The Labute approximate surface area is 102 Å². The van der Waals surface area contributed by atoms with E-state index in [0.717, 1.165) is 24.8 Å². The molecule has 0 bridgehead atoms. The van der Waals surface area contributed by atoms with Gasteiger partial charge in [-0.15, -0.1) is 0 Å². The first-order valence-corrected chi connectivity index (χ1v) is 6.18. The smallest absolute Gasteiger partial charge is 0.240 e. The molecule has 0 saturated heterocycles. The Morgan fingerprint density at radius 1 is 1.47 bits per heavy atom. The summed E-state index contributed by atoms with van der Waals surface area (Å²) in [6, 6.07) is 8.20. The van der Waals surface area contributed by atoms with Gasteiger partial charge in [0.1, 0.15) is 0 Å². The van der Waals surface area contributed by atoms with E-state index < -0.39 is 5.54 Å². The topological polar surface area (TPSA) is 55.1 Å². The predicted molar refractivity (Wildman–Crippen MR) is 68.5 cm³/mol. The number of benzene rings is 1. The number of nitrogens with one attached hydrogen (secondary N) is 1. The molecule has 0 aromatic heterocycles. The lowest BCUT2D eigenvalue weighted by Gasteiger charge is -2.37. The maximum absolute atomic E-state index is 12.0. The third kappa shape index (κ3) is 2.50. The highest BCUT2D eigenvalue weighted by Gasteiger charge is 2.40. The van der Waals surface area contributed by atoms with Gasteiger partial charge in [0.2, 0.25) is 5.91 Å². The molecule has 1 fully saturated rings. The summed E-state index contributed by atoms with van der Waals surface area (Å²) < 4.78 is 0. The number of hydrogen-bond donors (Lipinski definition) is 2. The van der Waals surface area contributed by atoms with Crippen molar-refractivity contribution in [1.82, 2.24) is 5.32 Å². The minimum absolute atomic E-state index is 0.0160. The van der Waals surface area contributed by atoms with Crippen molar-refractivity contribution in [2.75, 3.05) is 0 Å². The minimum atomic E-state index is -0.613. The van der Waals surface area contributed by atoms with Gasteiger partial charge in [0.15, 0.2) is 0 Å². The Kier molecular flexibility index (Phi) is 3.20. The quantitative estimate of drug-likeness (QED) is 0.838. The average molecular weight is 232 g/mol. The van der Waals surface area contributed by atoms with Crippen LogP contribution < -0.4 is 11.1 Å². The van der Waals surface area contributed by atoms with E-state index in [2.05, 4.69) is 11.4 Å². The van der Waals surface area contributed by atoms with Crippen LogP contribution in [0, 0.1) is 6.92 Å². The maximum atomic E-state index is 12.0. The van der Waals surface area contributed by atoms with Crippen LogP contribution in [0.4, 0.5) is 0 Å². The molecule has 1 saturated carbocycles. The van der Waals surface area contributed by atoms with Crippen molar-refractivity contribution in [3.63, 3.8) is 0 Å². The molecule has 0 radical (unpaired) electrons. The Morgan fingerprint density at radius 2 is 2.18 bits per heavy atom. The molecular weight excluding hydrogens is 212 g/mol. The van der Waals surface area contributed by atoms with Crippen molar-refractivity contribution in [2.45, 2.75) is 44.7 Å². The van der Waals surface area contributed by atoms with E-state index in [1.807, 2.05) is 32.0 Å². The molecule has 3 nitrogen and oxygen atoms in total. The first kappa shape index (κ1) is 12.1. The Bertz CT molecular complexity index is 424. The van der Waals surface area contributed by atoms with Gasteiger partial charge in [-0.25, -0.2) is 0 Å². The number of aryl methyl sites for hydroxylation is 1. The van der Waals surface area contributed by atoms with Gasteiger partial charge in [0, 0.05) is 0 Å². The van der Waals surface area contributed by atoms with Gasteiger partial charge in [-0.3, -0.25) is 4.79 Å². The lowest BCUT2D eigenvalue weighted by atomic mass is 9.77. The van der Waals surface area contributed by atoms with Gasteiger partial charge in [-0.05, 0) is 38.7 Å². The summed E-state index contributed by atoms with van der Waals surface area (Å²) in [5.41, 5.74) is 7.71. The van der Waals surface area contributed by atoms with E-state index in [0.29, 0.717) is 0 Å². The predicted octanol–water partition coefficient (Wildman–Crippen LogP) is 2.05. The summed E-state index contributed by atoms with van der Waals surface area (Å²) in [6.45, 7) is 4.04. The number of carbonyl (C=O) groups excluding carboxylic acids is 1. The van der Waals surface area contributed by atoms with Gasteiger partial charge in [0.05, 0.1) is 11.6 Å². The Hall–Kier alpha value is -1.35. The van der Waals surface area contributed by atoms with E-state index >= 15 is 0 Å². The van der Waals surface area contributed by atoms with Crippen LogP contribution in [0.2, 0.25) is 0 Å². The highest BCUT2D eigenvalue weighted by Crippen LogP contribution is 2.29. The minimum Gasteiger partial charge on any atom is -0.348 e. The van der Waals surface area contributed by atoms with Crippen LogP contribution in [0.1, 0.15) is 43.4 Å². The molecule has 0 heterocycles. The zero-order chi connectivity index (χ0) is 12.5. The maximum Gasteiger partial charge on any atom is 0.240 e. The van der Waals surface area contributed by atoms with Crippen LogP contribution in [-0.4, -0.2) is 11.4 Å². The van der Waals surface area contributed by atoms with E-state index in [1.165, 1.54) is 5.56 Å². The van der Waals surface area contributed by atoms with Crippen molar-refractivity contribution in [2.24, 2.45) is 5.73 Å². The van der Waals surface area contributed by atoms with Gasteiger partial charge >= 0.3 is 0 Å². The average Bonchev–Trinajstić information content (AvgIpc) is 2.25. The summed E-state index contributed by atoms with van der Waals surface area (Å²) in [5.74, 6) is -0.0160. The fourth-order valence-electron chi connectivity index (χ4n) is 2.15. The summed E-state index contributed by atoms with van der Waals surface area (Å²) in [5, 5.41) is 3.00. The number of amides is 1. The standard InChI is InChI=1S/C14H20N2O/c1-10-5-3-6-12(9-10)11(2)16-13(17)14(15)7-4-8-14/h3,5-6,9,11H,4,7-8,15H2,1-2H3,(H,16,17)/t11-/m1/s1. The molecule has 3 N–H and O–H groups in total. The molecule has 1 aromatic carbocycles. The summed E-state index contributed by atoms with van der Waals surface area (Å²) in [7, 11) is 0. The van der Waals surface area contributed by atoms with Crippen LogP contribution in [0.15, 0.2) is 24.3 Å². The van der Waals surface area contributed by atoms with Crippen LogP contribution in [0.25, 0.3) is 0 Å². The van der Waals surface area contributed by atoms with Crippen molar-refractivity contribution in [3.05, 3.63) is 35.4 Å². The lowest BCUT2D eigenvalue weighted by Crippen LogP contribution is -2.58. The van der Waals surface area contributed by atoms with Crippen molar-refractivity contribution in [1.29, 1.82) is 0 Å². The van der Waals surface area contributed by atoms with Crippen LogP contribution >= 0.6 is 0 Å². The zero-order valence-corrected chi connectivity index (χ0v) is 10.5. The third-order valence-electron chi connectivity index (χ3n) is 3.59. The molecule has 0 spiro atoms. The van der Waals surface area contributed by atoms with Gasteiger partial charge in [-0.1, -0.05) is 29.8 Å². The lowest BCUT2D eigenvalue weighted by molar-refractivity contribution is -0.129. The molecule has 0 aliphatic heterocycles. The first-order chi connectivity index (χ1) is 8.01. The number of hydrogen-bond acceptors (Lipinski definition) is 2. The Morgan fingerprint density at radius 3 is 2.71 bits per heavy atom. The molecule has 92 valence electrons. The SMILES string of the molecule is Cc1cccc([C@@H](C)NC(=O)C2(N)CCC2)c1. The third-order valence-corrected chi connectivity index (χ3v) is 3.59. The Balaban J connectivity index is 2.01. The van der Waals surface area contributed by atoms with Crippen LogP contribution in [0.3, 0.4) is 0 Å². The molecule has 1 amide bonds. The van der Waals surface area contributed by atoms with Gasteiger partial charge in [-0.2, -0.15) is 0 Å². The van der Waals surface area contributed by atoms with Crippen LogP contribution in [-0.2, 0) is 4.79 Å². The first-order valence-electron chi connectivity index (χ1n) is 6.18. The molecule has 1 atom stereocenters. The second-order valence-electron chi connectivity index (χ2n) is 5.12. The second kappa shape index (κ2) is 4.49. The number of carbonyl (C=O) groups is 1. The molecule has 1 aromatic rings. The van der Waals surface area contributed by atoms with Gasteiger partial charge < -0.3 is 11.1 Å². The van der Waals surface area contributed by atoms with Gasteiger partial charge in [0.25, 0.3) is 0 Å². The highest BCUT2D eigenvalue weighted by atomic mass is 16.2. The van der Waals surface area contributed by atoms with E-state index in [4.69, 9.17) is 5.73 Å². The summed E-state index contributed by atoms with van der Waals surface area (Å²) >= 11 is 0.